The third-order valence-corrected chi connectivity index (χ3v) is 8.31. The van der Waals surface area contributed by atoms with Gasteiger partial charge in [0, 0.05) is 38.2 Å². The van der Waals surface area contributed by atoms with Crippen molar-refractivity contribution in [3.8, 4) is 17.2 Å². The van der Waals surface area contributed by atoms with Gasteiger partial charge >= 0.3 is 5.97 Å². The molecular weight excluding hydrogens is 502 g/mol. The van der Waals surface area contributed by atoms with Crippen LogP contribution in [-0.4, -0.2) is 92.2 Å². The van der Waals surface area contributed by atoms with E-state index in [4.69, 9.17) is 24.7 Å². The standard InChI is InChI=1S/C29H45N3O7/c1-3-4-12-31(13-7-11-30)26(33)18-32-17-22(20-15-24(36-2)28-25(16-20)38-19-39-28)27(29(34)35)23(32)10-9-21-8-5-6-14-37-21/h15-16,21-23,27H,3-14,17-19,30H2,1-2H3,(H,34,35)/t21?,22-,23+,27-/m1/s1. The smallest absolute Gasteiger partial charge is 0.308 e. The Labute approximate surface area is 231 Å². The molecule has 10 heteroatoms. The van der Waals surface area contributed by atoms with Gasteiger partial charge in [0.1, 0.15) is 0 Å². The number of carboxylic acids is 1. The van der Waals surface area contributed by atoms with Gasteiger partial charge in [-0.2, -0.15) is 0 Å². The van der Waals surface area contributed by atoms with E-state index in [-0.39, 0.29) is 37.3 Å². The minimum Gasteiger partial charge on any atom is -0.493 e. The Morgan fingerprint density at radius 2 is 2.00 bits per heavy atom. The lowest BCUT2D eigenvalue weighted by molar-refractivity contribution is -0.144. The van der Waals surface area contributed by atoms with Crippen LogP contribution in [0.1, 0.15) is 69.8 Å². The molecule has 3 aliphatic rings. The summed E-state index contributed by atoms with van der Waals surface area (Å²) in [6.07, 6.45) is 7.45. The van der Waals surface area contributed by atoms with Gasteiger partial charge < -0.3 is 34.7 Å². The molecule has 218 valence electrons. The van der Waals surface area contributed by atoms with Gasteiger partial charge in [0.15, 0.2) is 11.5 Å². The number of carbonyl (C=O) groups excluding carboxylic acids is 1. The fourth-order valence-electron chi connectivity index (χ4n) is 6.21. The van der Waals surface area contributed by atoms with Crippen LogP contribution in [0.2, 0.25) is 0 Å². The first-order chi connectivity index (χ1) is 19.0. The van der Waals surface area contributed by atoms with Crippen LogP contribution in [0.15, 0.2) is 12.1 Å². The first-order valence-electron chi connectivity index (χ1n) is 14.5. The Balaban J connectivity index is 1.60. The Morgan fingerprint density at radius 3 is 2.69 bits per heavy atom. The highest BCUT2D eigenvalue weighted by atomic mass is 16.7. The largest absolute Gasteiger partial charge is 0.493 e. The number of aliphatic carboxylic acids is 1. The number of unbranched alkanes of at least 4 members (excludes halogenated alkanes) is 1. The maximum absolute atomic E-state index is 13.6. The fraction of sp³-hybridized carbons (Fsp3) is 0.724. The molecule has 3 aliphatic heterocycles. The minimum atomic E-state index is -0.855. The molecule has 3 heterocycles. The molecule has 0 aliphatic carbocycles. The second-order valence-electron chi connectivity index (χ2n) is 10.9. The van der Waals surface area contributed by atoms with E-state index in [9.17, 15) is 14.7 Å². The quantitative estimate of drug-likeness (QED) is 0.361. The first-order valence-corrected chi connectivity index (χ1v) is 14.5. The van der Waals surface area contributed by atoms with Crippen molar-refractivity contribution < 1.29 is 33.6 Å². The summed E-state index contributed by atoms with van der Waals surface area (Å²) in [7, 11) is 1.56. The molecule has 1 unspecified atom stereocenters. The molecule has 0 spiro atoms. The number of fused-ring (bicyclic) bond motifs is 1. The number of amides is 1. The molecule has 0 aromatic heterocycles. The normalized spacial score (nSPS) is 24.6. The predicted octanol–water partition coefficient (Wildman–Crippen LogP) is 3.22. The van der Waals surface area contributed by atoms with Crippen molar-refractivity contribution in [3.05, 3.63) is 17.7 Å². The zero-order valence-electron chi connectivity index (χ0n) is 23.4. The molecule has 39 heavy (non-hydrogen) atoms. The van der Waals surface area contributed by atoms with Crippen molar-refractivity contribution >= 4 is 11.9 Å². The summed E-state index contributed by atoms with van der Waals surface area (Å²) in [4.78, 5) is 30.4. The van der Waals surface area contributed by atoms with E-state index in [1.54, 1.807) is 7.11 Å². The summed E-state index contributed by atoms with van der Waals surface area (Å²) >= 11 is 0. The van der Waals surface area contributed by atoms with Crippen LogP contribution >= 0.6 is 0 Å². The van der Waals surface area contributed by atoms with Gasteiger partial charge in [0.2, 0.25) is 18.4 Å². The summed E-state index contributed by atoms with van der Waals surface area (Å²) in [6.45, 7) is 5.45. The van der Waals surface area contributed by atoms with E-state index < -0.39 is 11.9 Å². The number of nitrogens with two attached hydrogens (primary N) is 1. The molecule has 2 saturated heterocycles. The maximum Gasteiger partial charge on any atom is 0.308 e. The number of ether oxygens (including phenoxy) is 4. The fourth-order valence-corrected chi connectivity index (χ4v) is 6.21. The van der Waals surface area contributed by atoms with Crippen LogP contribution in [0.3, 0.4) is 0 Å². The Hall–Kier alpha value is -2.56. The van der Waals surface area contributed by atoms with Crippen molar-refractivity contribution in [2.75, 3.05) is 53.2 Å². The Morgan fingerprint density at radius 1 is 1.18 bits per heavy atom. The number of benzene rings is 1. The van der Waals surface area contributed by atoms with Gasteiger partial charge in [-0.1, -0.05) is 13.3 Å². The van der Waals surface area contributed by atoms with E-state index in [0.717, 1.165) is 57.1 Å². The topological polar surface area (TPSA) is 124 Å². The van der Waals surface area contributed by atoms with E-state index in [2.05, 4.69) is 11.8 Å². The number of methoxy groups -OCH3 is 1. The summed E-state index contributed by atoms with van der Waals surface area (Å²) in [6, 6.07) is 3.43. The Kier molecular flexibility index (Phi) is 10.7. The van der Waals surface area contributed by atoms with Gasteiger partial charge in [0.25, 0.3) is 0 Å². The zero-order chi connectivity index (χ0) is 27.8. The lowest BCUT2D eigenvalue weighted by Gasteiger charge is -2.31. The number of carboxylic acid groups (broad SMARTS) is 1. The summed E-state index contributed by atoms with van der Waals surface area (Å²) in [5.41, 5.74) is 6.57. The second-order valence-corrected chi connectivity index (χ2v) is 10.9. The zero-order valence-corrected chi connectivity index (χ0v) is 23.4. The van der Waals surface area contributed by atoms with Gasteiger partial charge in [-0.25, -0.2) is 0 Å². The number of hydrogen-bond donors (Lipinski definition) is 2. The van der Waals surface area contributed by atoms with Crippen LogP contribution in [0.25, 0.3) is 0 Å². The summed E-state index contributed by atoms with van der Waals surface area (Å²) in [5.74, 6) is -0.212. The highest BCUT2D eigenvalue weighted by Crippen LogP contribution is 2.47. The van der Waals surface area contributed by atoms with Crippen LogP contribution in [0.4, 0.5) is 0 Å². The lowest BCUT2D eigenvalue weighted by Crippen LogP contribution is -2.45. The highest BCUT2D eigenvalue weighted by molar-refractivity contribution is 5.79. The molecule has 4 atom stereocenters. The van der Waals surface area contributed by atoms with Crippen molar-refractivity contribution in [1.29, 1.82) is 0 Å². The molecule has 10 nitrogen and oxygen atoms in total. The van der Waals surface area contributed by atoms with Gasteiger partial charge in [-0.05, 0) is 69.2 Å². The molecule has 0 saturated carbocycles. The molecular formula is C29H45N3O7. The number of rotatable bonds is 14. The van der Waals surface area contributed by atoms with Gasteiger partial charge in [-0.15, -0.1) is 0 Å². The van der Waals surface area contributed by atoms with Crippen molar-refractivity contribution in [2.24, 2.45) is 11.7 Å². The second kappa shape index (κ2) is 14.2. The van der Waals surface area contributed by atoms with Gasteiger partial charge in [-0.3, -0.25) is 14.5 Å². The summed E-state index contributed by atoms with van der Waals surface area (Å²) in [5, 5.41) is 10.5. The van der Waals surface area contributed by atoms with E-state index in [0.29, 0.717) is 49.8 Å². The molecule has 2 fully saturated rings. The van der Waals surface area contributed by atoms with Crippen LogP contribution in [0.5, 0.6) is 17.2 Å². The molecule has 1 amide bonds. The Bertz CT molecular complexity index is 960. The molecule has 3 N–H and O–H groups in total. The highest BCUT2D eigenvalue weighted by Gasteiger charge is 2.47. The lowest BCUT2D eigenvalue weighted by atomic mass is 9.83. The van der Waals surface area contributed by atoms with Crippen molar-refractivity contribution in [3.63, 3.8) is 0 Å². The molecule has 1 aromatic rings. The van der Waals surface area contributed by atoms with Gasteiger partial charge in [0.05, 0.1) is 25.7 Å². The third kappa shape index (κ3) is 7.15. The van der Waals surface area contributed by atoms with Crippen molar-refractivity contribution in [2.45, 2.75) is 76.4 Å². The van der Waals surface area contributed by atoms with E-state index in [1.165, 1.54) is 0 Å². The van der Waals surface area contributed by atoms with Crippen LogP contribution in [0, 0.1) is 5.92 Å². The molecule has 1 aromatic carbocycles. The number of carbonyl (C=O) groups is 2. The number of likely N-dealkylation sites (tertiary alicyclic amines) is 1. The van der Waals surface area contributed by atoms with E-state index >= 15 is 0 Å². The molecule has 4 rings (SSSR count). The number of hydrogen-bond acceptors (Lipinski definition) is 8. The minimum absolute atomic E-state index is 0.0314. The first kappa shape index (κ1) is 29.4. The summed E-state index contributed by atoms with van der Waals surface area (Å²) < 4.78 is 22.7. The SMILES string of the molecule is CCCCN(CCCN)C(=O)CN1C[C@H](c2cc(OC)c3c(c2)OCO3)[C@@H](C(=O)O)[C@@H]1CCC1CCCCO1. The number of nitrogens with zero attached hydrogens (tertiary/aromatic N) is 2. The average Bonchev–Trinajstić information content (AvgIpc) is 3.56. The van der Waals surface area contributed by atoms with E-state index in [1.807, 2.05) is 17.0 Å². The third-order valence-electron chi connectivity index (χ3n) is 8.31. The van der Waals surface area contributed by atoms with Crippen molar-refractivity contribution in [1.82, 2.24) is 9.80 Å². The molecule has 0 bridgehead atoms. The van der Waals surface area contributed by atoms with Crippen LogP contribution < -0.4 is 19.9 Å². The average molecular weight is 548 g/mol. The maximum atomic E-state index is 13.6. The predicted molar refractivity (Wildman–Crippen MR) is 146 cm³/mol. The van der Waals surface area contributed by atoms with Crippen LogP contribution in [-0.2, 0) is 14.3 Å². The monoisotopic (exact) mass is 547 g/mol. The molecule has 0 radical (unpaired) electrons.